The molecule has 2 aromatic heterocycles. The minimum atomic E-state index is -0.501. The highest BCUT2D eigenvalue weighted by Gasteiger charge is 2.35. The second-order valence-corrected chi connectivity index (χ2v) is 6.31. The number of carbonyl (C=O) groups is 2. The molecule has 10 nitrogen and oxygen atoms in total. The lowest BCUT2D eigenvalue weighted by atomic mass is 9.99. The first-order valence-corrected chi connectivity index (χ1v) is 8.56. The fraction of sp³-hybridized carbons (Fsp3) is 0.294. The zero-order chi connectivity index (χ0) is 19.0. The number of nitrogens with one attached hydrogen (secondary N) is 1. The van der Waals surface area contributed by atoms with Gasteiger partial charge in [0, 0.05) is 30.9 Å². The molecular formula is C17H18N8O2. The van der Waals surface area contributed by atoms with E-state index in [1.54, 1.807) is 28.9 Å². The number of anilines is 2. The molecule has 3 aromatic rings. The van der Waals surface area contributed by atoms with Crippen molar-refractivity contribution in [3.63, 3.8) is 0 Å². The van der Waals surface area contributed by atoms with E-state index < -0.39 is 5.91 Å². The van der Waals surface area contributed by atoms with Crippen molar-refractivity contribution in [3.8, 4) is 0 Å². The van der Waals surface area contributed by atoms with Crippen molar-refractivity contribution in [3.05, 3.63) is 36.2 Å². The first-order chi connectivity index (χ1) is 13.1. The molecule has 1 saturated heterocycles. The molecule has 0 bridgehead atoms. The Balaban J connectivity index is 1.41. The van der Waals surface area contributed by atoms with Crippen LogP contribution >= 0.6 is 0 Å². The number of aryl methyl sites for hydroxylation is 1. The van der Waals surface area contributed by atoms with E-state index in [2.05, 4.69) is 25.6 Å². The molecule has 0 radical (unpaired) electrons. The van der Waals surface area contributed by atoms with Gasteiger partial charge >= 0.3 is 0 Å². The van der Waals surface area contributed by atoms with Crippen molar-refractivity contribution in [2.45, 2.75) is 13.5 Å². The van der Waals surface area contributed by atoms with Gasteiger partial charge in [-0.05, 0) is 31.2 Å². The maximum atomic E-state index is 12.4. The van der Waals surface area contributed by atoms with Crippen molar-refractivity contribution in [1.82, 2.24) is 25.0 Å². The number of nitrogens with zero attached hydrogens (tertiary/aromatic N) is 6. The van der Waals surface area contributed by atoms with Gasteiger partial charge in [-0.1, -0.05) is 5.21 Å². The van der Waals surface area contributed by atoms with Crippen LogP contribution in [0, 0.1) is 5.92 Å². The Hall–Kier alpha value is -3.56. The van der Waals surface area contributed by atoms with E-state index in [4.69, 9.17) is 5.73 Å². The smallest absolute Gasteiger partial charge is 0.248 e. The molecule has 10 heteroatoms. The average Bonchev–Trinajstić information content (AvgIpc) is 3.05. The van der Waals surface area contributed by atoms with Gasteiger partial charge in [0.25, 0.3) is 0 Å². The second-order valence-electron chi connectivity index (χ2n) is 6.31. The number of hydrogen-bond donors (Lipinski definition) is 2. The molecule has 0 aliphatic carbocycles. The minimum Gasteiger partial charge on any atom is -0.366 e. The lowest BCUT2D eigenvalue weighted by Crippen LogP contribution is -2.52. The molecule has 3 heterocycles. The van der Waals surface area contributed by atoms with Crippen LogP contribution < -0.4 is 16.0 Å². The highest BCUT2D eigenvalue weighted by Crippen LogP contribution is 2.28. The summed E-state index contributed by atoms with van der Waals surface area (Å²) in [5.41, 5.74) is 7.56. The molecule has 138 valence electrons. The van der Waals surface area contributed by atoms with Crippen LogP contribution in [0.5, 0.6) is 0 Å². The van der Waals surface area contributed by atoms with Crippen LogP contribution in [0.3, 0.4) is 0 Å². The number of amides is 2. The van der Waals surface area contributed by atoms with Gasteiger partial charge in [0.2, 0.25) is 11.8 Å². The molecule has 0 unspecified atom stereocenters. The number of aromatic nitrogens is 5. The monoisotopic (exact) mass is 366 g/mol. The van der Waals surface area contributed by atoms with Gasteiger partial charge < -0.3 is 16.0 Å². The summed E-state index contributed by atoms with van der Waals surface area (Å²) in [5.74, 6) is -0.0547. The molecule has 27 heavy (non-hydrogen) atoms. The number of hydrogen-bond acceptors (Lipinski definition) is 7. The topological polar surface area (TPSA) is 132 Å². The summed E-state index contributed by atoms with van der Waals surface area (Å²) in [4.78, 5) is 34.0. The van der Waals surface area contributed by atoms with Crippen LogP contribution in [0.25, 0.3) is 11.2 Å². The van der Waals surface area contributed by atoms with Crippen molar-refractivity contribution >= 4 is 34.5 Å². The van der Waals surface area contributed by atoms with Gasteiger partial charge in [0.15, 0.2) is 17.0 Å². The van der Waals surface area contributed by atoms with E-state index in [-0.39, 0.29) is 11.8 Å². The second kappa shape index (κ2) is 6.63. The fourth-order valence-corrected chi connectivity index (χ4v) is 3.00. The molecule has 1 aromatic carbocycles. The van der Waals surface area contributed by atoms with Gasteiger partial charge in [-0.2, -0.15) is 0 Å². The molecule has 0 saturated carbocycles. The summed E-state index contributed by atoms with van der Waals surface area (Å²) in [6.45, 7) is 3.72. The third-order valence-electron chi connectivity index (χ3n) is 4.57. The Morgan fingerprint density at radius 3 is 2.63 bits per heavy atom. The molecule has 1 fully saturated rings. The van der Waals surface area contributed by atoms with Gasteiger partial charge in [0.1, 0.15) is 6.33 Å². The van der Waals surface area contributed by atoms with Gasteiger partial charge in [-0.15, -0.1) is 5.10 Å². The fourth-order valence-electron chi connectivity index (χ4n) is 3.00. The Kier molecular flexibility index (Phi) is 4.15. The van der Waals surface area contributed by atoms with E-state index in [1.165, 1.54) is 6.33 Å². The first kappa shape index (κ1) is 16.9. The predicted molar refractivity (Wildman–Crippen MR) is 98.1 cm³/mol. The van der Waals surface area contributed by atoms with Gasteiger partial charge in [-0.25, -0.2) is 14.6 Å². The van der Waals surface area contributed by atoms with Crippen molar-refractivity contribution < 1.29 is 9.59 Å². The highest BCUT2D eigenvalue weighted by atomic mass is 16.2. The summed E-state index contributed by atoms with van der Waals surface area (Å²) in [7, 11) is 0. The first-order valence-electron chi connectivity index (χ1n) is 8.56. The Bertz CT molecular complexity index is 1010. The summed E-state index contributed by atoms with van der Waals surface area (Å²) < 4.78 is 1.71. The zero-order valence-corrected chi connectivity index (χ0v) is 14.7. The Morgan fingerprint density at radius 1 is 1.22 bits per heavy atom. The third-order valence-corrected chi connectivity index (χ3v) is 4.57. The third kappa shape index (κ3) is 3.05. The number of rotatable bonds is 5. The lowest BCUT2D eigenvalue weighted by Gasteiger charge is -2.38. The summed E-state index contributed by atoms with van der Waals surface area (Å²) in [6.07, 6.45) is 1.49. The SMILES string of the molecule is CCn1nnc2c(N3CC(C(=O)Nc4ccc(C(N)=O)cc4)C3)ncnc21. The Labute approximate surface area is 154 Å². The van der Waals surface area contributed by atoms with Crippen molar-refractivity contribution in [2.24, 2.45) is 11.7 Å². The van der Waals surface area contributed by atoms with E-state index in [1.807, 2.05) is 11.8 Å². The molecule has 0 atom stereocenters. The van der Waals surface area contributed by atoms with E-state index in [9.17, 15) is 9.59 Å². The molecule has 2 amide bonds. The molecule has 0 spiro atoms. The lowest BCUT2D eigenvalue weighted by molar-refractivity contribution is -0.120. The quantitative estimate of drug-likeness (QED) is 0.668. The maximum Gasteiger partial charge on any atom is 0.248 e. The zero-order valence-electron chi connectivity index (χ0n) is 14.7. The number of fused-ring (bicyclic) bond motifs is 1. The van der Waals surface area contributed by atoms with Crippen LogP contribution in [-0.4, -0.2) is 49.9 Å². The summed E-state index contributed by atoms with van der Waals surface area (Å²) in [6, 6.07) is 6.48. The van der Waals surface area contributed by atoms with Crippen LogP contribution in [-0.2, 0) is 11.3 Å². The predicted octanol–water partition coefficient (Wildman–Crippen LogP) is 0.415. The molecule has 1 aliphatic rings. The number of nitrogens with two attached hydrogens (primary N) is 1. The van der Waals surface area contributed by atoms with Crippen LogP contribution in [0.1, 0.15) is 17.3 Å². The number of benzene rings is 1. The number of carbonyl (C=O) groups excluding carboxylic acids is 2. The van der Waals surface area contributed by atoms with Gasteiger partial charge in [-0.3, -0.25) is 9.59 Å². The summed E-state index contributed by atoms with van der Waals surface area (Å²) >= 11 is 0. The van der Waals surface area contributed by atoms with Crippen molar-refractivity contribution in [1.29, 1.82) is 0 Å². The largest absolute Gasteiger partial charge is 0.366 e. The normalized spacial score (nSPS) is 14.2. The molecule has 1 aliphatic heterocycles. The maximum absolute atomic E-state index is 12.4. The average molecular weight is 366 g/mol. The van der Waals surface area contributed by atoms with Crippen molar-refractivity contribution in [2.75, 3.05) is 23.3 Å². The van der Waals surface area contributed by atoms with Crippen LogP contribution in [0.15, 0.2) is 30.6 Å². The minimum absolute atomic E-state index is 0.0828. The molecule has 3 N–H and O–H groups in total. The molecule has 4 rings (SSSR count). The van der Waals surface area contributed by atoms with E-state index in [0.717, 1.165) is 0 Å². The van der Waals surface area contributed by atoms with Crippen LogP contribution in [0.2, 0.25) is 0 Å². The summed E-state index contributed by atoms with van der Waals surface area (Å²) in [5, 5.41) is 11.1. The highest BCUT2D eigenvalue weighted by molar-refractivity contribution is 5.96. The number of primary amides is 1. The van der Waals surface area contributed by atoms with Gasteiger partial charge in [0.05, 0.1) is 5.92 Å². The molecular weight excluding hydrogens is 348 g/mol. The van der Waals surface area contributed by atoms with Crippen LogP contribution in [0.4, 0.5) is 11.5 Å². The van der Waals surface area contributed by atoms with E-state index >= 15 is 0 Å². The standard InChI is InChI=1S/C17H18N8O2/c1-2-25-16-13(22-23-25)15(19-9-20-16)24-7-11(8-24)17(27)21-12-5-3-10(4-6-12)14(18)26/h3-6,9,11H,2,7-8H2,1H3,(H2,18,26)(H,21,27). The Morgan fingerprint density at radius 2 is 1.96 bits per heavy atom. The van der Waals surface area contributed by atoms with E-state index in [0.29, 0.717) is 47.9 Å².